The van der Waals surface area contributed by atoms with Crippen LogP contribution < -0.4 is 10.5 Å². The van der Waals surface area contributed by atoms with Crippen LogP contribution in [0.2, 0.25) is 0 Å². The van der Waals surface area contributed by atoms with Crippen LogP contribution in [0.5, 0.6) is 5.75 Å². The highest BCUT2D eigenvalue weighted by Gasteiger charge is 2.00. The molecule has 2 rings (SSSR count). The van der Waals surface area contributed by atoms with Crippen molar-refractivity contribution in [3.8, 4) is 5.75 Å². The number of aromatic nitrogens is 3. The second kappa shape index (κ2) is 7.05. The molecule has 1 aromatic carbocycles. The van der Waals surface area contributed by atoms with E-state index in [1.807, 2.05) is 10.9 Å². The molecule has 108 valence electrons. The lowest BCUT2D eigenvalue weighted by Gasteiger charge is -2.08. The molecule has 20 heavy (non-hydrogen) atoms. The Kier molecular flexibility index (Phi) is 5.12. The summed E-state index contributed by atoms with van der Waals surface area (Å²) in [5, 5.41) is 8.12. The van der Waals surface area contributed by atoms with E-state index >= 15 is 0 Å². The Morgan fingerprint density at radius 2 is 1.95 bits per heavy atom. The Bertz CT molecular complexity index is 530. The van der Waals surface area contributed by atoms with E-state index in [1.54, 1.807) is 0 Å². The van der Waals surface area contributed by atoms with Gasteiger partial charge in [0.15, 0.2) is 0 Å². The van der Waals surface area contributed by atoms with Crippen LogP contribution in [0.1, 0.15) is 23.2 Å². The monoisotopic (exact) mass is 274 g/mol. The molecule has 0 bridgehead atoms. The average molecular weight is 274 g/mol. The third-order valence-corrected chi connectivity index (χ3v) is 2.98. The van der Waals surface area contributed by atoms with Crippen LogP contribution >= 0.6 is 0 Å². The number of hydrogen-bond donors (Lipinski definition) is 1. The van der Waals surface area contributed by atoms with Crippen molar-refractivity contribution in [3.63, 3.8) is 0 Å². The van der Waals surface area contributed by atoms with Gasteiger partial charge in [0.25, 0.3) is 0 Å². The fourth-order valence-corrected chi connectivity index (χ4v) is 2.14. The molecule has 0 atom stereocenters. The second-order valence-electron chi connectivity index (χ2n) is 5.04. The van der Waals surface area contributed by atoms with Gasteiger partial charge in [0.05, 0.1) is 12.3 Å². The Labute approximate surface area is 119 Å². The predicted octanol–water partition coefficient (Wildman–Crippen LogP) is 1.87. The van der Waals surface area contributed by atoms with Crippen LogP contribution in [-0.4, -0.2) is 28.1 Å². The minimum Gasteiger partial charge on any atom is -0.494 e. The fraction of sp³-hybridized carbons (Fsp3) is 0.467. The quantitative estimate of drug-likeness (QED) is 0.783. The maximum Gasteiger partial charge on any atom is 0.119 e. The van der Waals surface area contributed by atoms with Gasteiger partial charge in [0.1, 0.15) is 5.75 Å². The predicted molar refractivity (Wildman–Crippen MR) is 78.8 cm³/mol. The van der Waals surface area contributed by atoms with E-state index < -0.39 is 0 Å². The van der Waals surface area contributed by atoms with Gasteiger partial charge in [-0.1, -0.05) is 11.3 Å². The van der Waals surface area contributed by atoms with Gasteiger partial charge in [-0.3, -0.25) is 4.68 Å². The van der Waals surface area contributed by atoms with Crippen LogP contribution in [0.4, 0.5) is 0 Å². The van der Waals surface area contributed by atoms with Gasteiger partial charge >= 0.3 is 0 Å². The zero-order valence-corrected chi connectivity index (χ0v) is 12.2. The molecule has 0 aliphatic heterocycles. The summed E-state index contributed by atoms with van der Waals surface area (Å²) in [5.41, 5.74) is 8.88. The molecule has 0 aliphatic rings. The number of ether oxygens (including phenoxy) is 1. The van der Waals surface area contributed by atoms with E-state index in [-0.39, 0.29) is 0 Å². The second-order valence-corrected chi connectivity index (χ2v) is 5.04. The summed E-state index contributed by atoms with van der Waals surface area (Å²) in [7, 11) is 0. The molecule has 0 fully saturated rings. The molecule has 0 saturated heterocycles. The minimum absolute atomic E-state index is 0.606. The number of benzene rings is 1. The number of rotatable bonds is 7. The maximum atomic E-state index is 5.76. The molecule has 5 heteroatoms. The first-order valence-electron chi connectivity index (χ1n) is 6.97. The van der Waals surface area contributed by atoms with Crippen molar-refractivity contribution in [1.29, 1.82) is 0 Å². The van der Waals surface area contributed by atoms with E-state index in [2.05, 4.69) is 42.4 Å². The molecule has 0 aliphatic carbocycles. The first kappa shape index (κ1) is 14.5. The summed E-state index contributed by atoms with van der Waals surface area (Å²) in [6, 6.07) is 6.25. The lowest BCUT2D eigenvalue weighted by Crippen LogP contribution is -2.05. The van der Waals surface area contributed by atoms with E-state index in [0.717, 1.165) is 30.8 Å². The van der Waals surface area contributed by atoms with E-state index in [4.69, 9.17) is 10.5 Å². The van der Waals surface area contributed by atoms with Crippen LogP contribution in [0, 0.1) is 13.8 Å². The fourth-order valence-electron chi connectivity index (χ4n) is 2.14. The van der Waals surface area contributed by atoms with Gasteiger partial charge in [0.2, 0.25) is 0 Å². The first-order valence-corrected chi connectivity index (χ1v) is 6.97. The summed E-state index contributed by atoms with van der Waals surface area (Å²) >= 11 is 0. The number of aryl methyl sites for hydroxylation is 3. The highest BCUT2D eigenvalue weighted by atomic mass is 16.5. The van der Waals surface area contributed by atoms with Crippen LogP contribution in [0.15, 0.2) is 24.4 Å². The molecular formula is C15H22N4O. The van der Waals surface area contributed by atoms with Gasteiger partial charge in [-0.05, 0) is 43.7 Å². The molecule has 2 N–H and O–H groups in total. The van der Waals surface area contributed by atoms with Crippen molar-refractivity contribution in [2.24, 2.45) is 5.73 Å². The molecule has 0 saturated carbocycles. The maximum absolute atomic E-state index is 5.76. The molecule has 2 aromatic rings. The number of nitrogens with zero attached hydrogens (tertiary/aromatic N) is 3. The zero-order chi connectivity index (χ0) is 14.4. The van der Waals surface area contributed by atoms with Gasteiger partial charge in [-0.2, -0.15) is 0 Å². The third-order valence-electron chi connectivity index (χ3n) is 2.98. The Morgan fingerprint density at radius 1 is 1.20 bits per heavy atom. The van der Waals surface area contributed by atoms with Gasteiger partial charge in [-0.15, -0.1) is 5.10 Å². The van der Waals surface area contributed by atoms with Crippen LogP contribution in [0.3, 0.4) is 0 Å². The van der Waals surface area contributed by atoms with Crippen molar-refractivity contribution in [3.05, 3.63) is 41.2 Å². The zero-order valence-electron chi connectivity index (χ0n) is 12.2. The Balaban J connectivity index is 1.75. The molecule has 0 amide bonds. The van der Waals surface area contributed by atoms with Gasteiger partial charge in [0, 0.05) is 25.6 Å². The largest absolute Gasteiger partial charge is 0.494 e. The summed E-state index contributed by atoms with van der Waals surface area (Å²) in [6.07, 6.45) is 3.63. The average Bonchev–Trinajstić information content (AvgIpc) is 2.82. The van der Waals surface area contributed by atoms with Gasteiger partial charge in [-0.25, -0.2) is 0 Å². The first-order chi connectivity index (χ1) is 9.67. The highest BCUT2D eigenvalue weighted by Crippen LogP contribution is 2.16. The van der Waals surface area contributed by atoms with Crippen molar-refractivity contribution >= 4 is 0 Å². The molecule has 0 unspecified atom stereocenters. The topological polar surface area (TPSA) is 66.0 Å². The highest BCUT2D eigenvalue weighted by molar-refractivity contribution is 5.32. The van der Waals surface area contributed by atoms with E-state index in [1.165, 1.54) is 11.1 Å². The molecule has 5 nitrogen and oxygen atoms in total. The molecule has 0 radical (unpaired) electrons. The number of nitrogens with two attached hydrogens (primary N) is 1. The third kappa shape index (κ3) is 4.35. The normalized spacial score (nSPS) is 10.8. The van der Waals surface area contributed by atoms with Crippen LogP contribution in [-0.2, 0) is 13.0 Å². The summed E-state index contributed by atoms with van der Waals surface area (Å²) in [4.78, 5) is 0. The smallest absolute Gasteiger partial charge is 0.119 e. The standard InChI is InChI=1S/C15H22N4O/c1-12-8-13(2)10-15(9-12)20-7-3-6-19-11-14(4-5-16)17-18-19/h8-11H,3-7,16H2,1-2H3. The summed E-state index contributed by atoms with van der Waals surface area (Å²) in [6.45, 7) is 6.24. The SMILES string of the molecule is Cc1cc(C)cc(OCCCn2cc(CCN)nn2)c1. The number of hydrogen-bond acceptors (Lipinski definition) is 4. The molecule has 1 heterocycles. The van der Waals surface area contributed by atoms with Crippen molar-refractivity contribution in [1.82, 2.24) is 15.0 Å². The summed E-state index contributed by atoms with van der Waals surface area (Å²) < 4.78 is 7.61. The van der Waals surface area contributed by atoms with E-state index in [0.29, 0.717) is 13.2 Å². The van der Waals surface area contributed by atoms with Gasteiger partial charge < -0.3 is 10.5 Å². The molecule has 0 spiro atoms. The molecule has 1 aromatic heterocycles. The van der Waals surface area contributed by atoms with E-state index in [9.17, 15) is 0 Å². The lowest BCUT2D eigenvalue weighted by atomic mass is 10.1. The molecular weight excluding hydrogens is 252 g/mol. The van der Waals surface area contributed by atoms with Crippen molar-refractivity contribution < 1.29 is 4.74 Å². The lowest BCUT2D eigenvalue weighted by molar-refractivity contribution is 0.297. The van der Waals surface area contributed by atoms with Crippen molar-refractivity contribution in [2.45, 2.75) is 33.2 Å². The summed E-state index contributed by atoms with van der Waals surface area (Å²) in [5.74, 6) is 0.935. The minimum atomic E-state index is 0.606. The Morgan fingerprint density at radius 3 is 2.65 bits per heavy atom. The Hall–Kier alpha value is -1.88. The van der Waals surface area contributed by atoms with Crippen molar-refractivity contribution in [2.75, 3.05) is 13.2 Å². The van der Waals surface area contributed by atoms with Crippen LogP contribution in [0.25, 0.3) is 0 Å².